The number of rotatable bonds is 4. The third kappa shape index (κ3) is 4.35. The lowest BCUT2D eigenvalue weighted by Crippen LogP contribution is -2.18. The van der Waals surface area contributed by atoms with Gasteiger partial charge in [0.1, 0.15) is 0 Å². The highest BCUT2D eigenvalue weighted by atomic mass is 35.5. The van der Waals surface area contributed by atoms with Gasteiger partial charge in [0.15, 0.2) is 0 Å². The summed E-state index contributed by atoms with van der Waals surface area (Å²) in [6.07, 6.45) is 2.13. The Hall–Kier alpha value is -0.490. The highest BCUT2D eigenvalue weighted by Gasteiger charge is 2.23. The molecule has 1 aromatic carbocycles. The van der Waals surface area contributed by atoms with Gasteiger partial charge in [-0.15, -0.1) is 11.6 Å². The molecule has 0 nitrogen and oxygen atoms in total. The molecule has 0 amide bonds. The van der Waals surface area contributed by atoms with E-state index in [-0.39, 0.29) is 5.38 Å². The topological polar surface area (TPSA) is 0 Å². The van der Waals surface area contributed by atoms with Gasteiger partial charge in [-0.3, -0.25) is 0 Å². The largest absolute Gasteiger partial charge is 0.118 e. The van der Waals surface area contributed by atoms with E-state index in [9.17, 15) is 0 Å². The molecule has 0 aliphatic carbocycles. The molecule has 0 radical (unpaired) electrons. The first kappa shape index (κ1) is 14.6. The molecule has 2 atom stereocenters. The van der Waals surface area contributed by atoms with Crippen LogP contribution in [0.5, 0.6) is 0 Å². The van der Waals surface area contributed by atoms with Crippen molar-refractivity contribution in [3.05, 3.63) is 35.4 Å². The van der Waals surface area contributed by atoms with Crippen molar-refractivity contribution in [2.75, 3.05) is 0 Å². The fourth-order valence-electron chi connectivity index (χ4n) is 1.76. The molecular weight excluding hydrogens is 228 g/mol. The minimum Gasteiger partial charge on any atom is -0.118 e. The van der Waals surface area contributed by atoms with Crippen LogP contribution in [-0.2, 0) is 6.42 Å². The number of aryl methyl sites for hydroxylation is 1. The first-order valence-electron chi connectivity index (χ1n) is 6.57. The third-order valence-electron chi connectivity index (χ3n) is 3.79. The Morgan fingerprint density at radius 2 is 1.65 bits per heavy atom. The molecule has 0 bridgehead atoms. The van der Waals surface area contributed by atoms with Gasteiger partial charge in [0.2, 0.25) is 0 Å². The van der Waals surface area contributed by atoms with Gasteiger partial charge in [0.05, 0.1) is 5.38 Å². The first-order chi connectivity index (χ1) is 7.84. The van der Waals surface area contributed by atoms with Gasteiger partial charge in [-0.25, -0.2) is 0 Å². The summed E-state index contributed by atoms with van der Waals surface area (Å²) in [6.45, 7) is 11.3. The van der Waals surface area contributed by atoms with Crippen LogP contribution in [0.2, 0.25) is 0 Å². The monoisotopic (exact) mass is 252 g/mol. The average Bonchev–Trinajstić information content (AvgIpc) is 2.27. The standard InChI is InChI=1S/C16H25Cl/c1-6-13-7-9-14(10-8-13)15(17)11-12(2)16(3,4)5/h7-10,12,15H,6,11H2,1-5H3. The van der Waals surface area contributed by atoms with Crippen molar-refractivity contribution in [1.29, 1.82) is 0 Å². The summed E-state index contributed by atoms with van der Waals surface area (Å²) in [7, 11) is 0. The summed E-state index contributed by atoms with van der Waals surface area (Å²) in [5.74, 6) is 0.621. The van der Waals surface area contributed by atoms with E-state index in [0.717, 1.165) is 12.8 Å². The number of alkyl halides is 1. The van der Waals surface area contributed by atoms with Gasteiger partial charge in [-0.05, 0) is 35.3 Å². The zero-order valence-electron chi connectivity index (χ0n) is 11.8. The molecule has 0 fully saturated rings. The molecule has 0 spiro atoms. The zero-order valence-corrected chi connectivity index (χ0v) is 12.5. The quantitative estimate of drug-likeness (QED) is 0.612. The molecular formula is C16H25Cl. The van der Waals surface area contributed by atoms with Crippen LogP contribution in [0.25, 0.3) is 0 Å². The van der Waals surface area contributed by atoms with E-state index < -0.39 is 0 Å². The van der Waals surface area contributed by atoms with E-state index in [0.29, 0.717) is 11.3 Å². The van der Waals surface area contributed by atoms with Crippen LogP contribution < -0.4 is 0 Å². The van der Waals surface area contributed by atoms with Crippen molar-refractivity contribution in [1.82, 2.24) is 0 Å². The Morgan fingerprint density at radius 1 is 1.12 bits per heavy atom. The van der Waals surface area contributed by atoms with Gasteiger partial charge in [-0.2, -0.15) is 0 Å². The smallest absolute Gasteiger partial charge is 0.0588 e. The molecule has 0 aliphatic rings. The number of hydrogen-bond acceptors (Lipinski definition) is 0. The highest BCUT2D eigenvalue weighted by Crippen LogP contribution is 2.36. The van der Waals surface area contributed by atoms with Crippen LogP contribution in [0.4, 0.5) is 0 Å². The van der Waals surface area contributed by atoms with E-state index in [2.05, 4.69) is 58.9 Å². The molecule has 0 aliphatic heterocycles. The van der Waals surface area contributed by atoms with Gasteiger partial charge < -0.3 is 0 Å². The van der Waals surface area contributed by atoms with Crippen LogP contribution in [-0.4, -0.2) is 0 Å². The maximum absolute atomic E-state index is 6.50. The summed E-state index contributed by atoms with van der Waals surface area (Å²) < 4.78 is 0. The van der Waals surface area contributed by atoms with Gasteiger partial charge in [0, 0.05) is 0 Å². The molecule has 0 N–H and O–H groups in total. The van der Waals surface area contributed by atoms with Crippen molar-refractivity contribution in [3.8, 4) is 0 Å². The predicted octanol–water partition coefficient (Wildman–Crippen LogP) is 5.60. The second kappa shape index (κ2) is 5.91. The minimum atomic E-state index is 0.134. The molecule has 0 aromatic heterocycles. The van der Waals surface area contributed by atoms with E-state index in [4.69, 9.17) is 11.6 Å². The highest BCUT2D eigenvalue weighted by molar-refractivity contribution is 6.20. The Morgan fingerprint density at radius 3 is 2.06 bits per heavy atom. The van der Waals surface area contributed by atoms with Crippen LogP contribution in [0.3, 0.4) is 0 Å². The molecule has 0 heterocycles. The van der Waals surface area contributed by atoms with Crippen LogP contribution in [0.15, 0.2) is 24.3 Å². The second-order valence-electron chi connectivity index (χ2n) is 6.07. The summed E-state index contributed by atoms with van der Waals surface area (Å²) >= 11 is 6.50. The van der Waals surface area contributed by atoms with E-state index >= 15 is 0 Å². The van der Waals surface area contributed by atoms with E-state index in [1.165, 1.54) is 11.1 Å². The maximum atomic E-state index is 6.50. The molecule has 0 saturated carbocycles. The molecule has 1 rings (SSSR count). The van der Waals surface area contributed by atoms with Crippen molar-refractivity contribution in [3.63, 3.8) is 0 Å². The normalized spacial score (nSPS) is 15.6. The van der Waals surface area contributed by atoms with Gasteiger partial charge in [0.25, 0.3) is 0 Å². The summed E-state index contributed by atoms with van der Waals surface area (Å²) in [6, 6.07) is 8.72. The molecule has 2 unspecified atom stereocenters. The number of hydrogen-bond donors (Lipinski definition) is 0. The summed E-state index contributed by atoms with van der Waals surface area (Å²) in [5, 5.41) is 0.134. The van der Waals surface area contributed by atoms with Gasteiger partial charge in [-0.1, -0.05) is 58.9 Å². The third-order valence-corrected chi connectivity index (χ3v) is 4.22. The predicted molar refractivity (Wildman–Crippen MR) is 77.7 cm³/mol. The van der Waals surface area contributed by atoms with E-state index in [1.54, 1.807) is 0 Å². The fraction of sp³-hybridized carbons (Fsp3) is 0.625. The Bertz CT molecular complexity index is 332. The zero-order chi connectivity index (χ0) is 13.1. The molecule has 17 heavy (non-hydrogen) atoms. The van der Waals surface area contributed by atoms with Crippen LogP contribution in [0, 0.1) is 11.3 Å². The van der Waals surface area contributed by atoms with Crippen LogP contribution >= 0.6 is 11.6 Å². The minimum absolute atomic E-state index is 0.134. The first-order valence-corrected chi connectivity index (χ1v) is 7.01. The summed E-state index contributed by atoms with van der Waals surface area (Å²) in [5.41, 5.74) is 2.96. The molecule has 1 heteroatoms. The Labute approximate surface area is 111 Å². The molecule has 1 aromatic rings. The maximum Gasteiger partial charge on any atom is 0.0588 e. The van der Waals surface area contributed by atoms with Gasteiger partial charge >= 0.3 is 0 Å². The molecule has 96 valence electrons. The van der Waals surface area contributed by atoms with Crippen molar-refractivity contribution < 1.29 is 0 Å². The lowest BCUT2D eigenvalue weighted by atomic mass is 9.79. The lowest BCUT2D eigenvalue weighted by Gasteiger charge is -2.29. The number of halogens is 1. The van der Waals surface area contributed by atoms with E-state index in [1.807, 2.05) is 0 Å². The van der Waals surface area contributed by atoms with Crippen molar-refractivity contribution >= 4 is 11.6 Å². The average molecular weight is 253 g/mol. The Balaban J connectivity index is 2.66. The molecule has 0 saturated heterocycles. The lowest BCUT2D eigenvalue weighted by molar-refractivity contribution is 0.245. The van der Waals surface area contributed by atoms with Crippen LogP contribution in [0.1, 0.15) is 57.5 Å². The SMILES string of the molecule is CCc1ccc(C(Cl)CC(C)C(C)(C)C)cc1. The second-order valence-corrected chi connectivity index (χ2v) is 6.59. The summed E-state index contributed by atoms with van der Waals surface area (Å²) in [4.78, 5) is 0. The van der Waals surface area contributed by atoms with Crippen molar-refractivity contribution in [2.45, 2.75) is 52.8 Å². The Kier molecular flexibility index (Phi) is 5.06. The van der Waals surface area contributed by atoms with Crippen molar-refractivity contribution in [2.24, 2.45) is 11.3 Å². The fourth-order valence-corrected chi connectivity index (χ4v) is 2.17. The number of benzene rings is 1.